The summed E-state index contributed by atoms with van der Waals surface area (Å²) in [6, 6.07) is 35.6. The largest absolute Gasteiger partial charge is 0.497 e. The van der Waals surface area contributed by atoms with E-state index in [4.69, 9.17) is 65.4 Å². The summed E-state index contributed by atoms with van der Waals surface area (Å²) in [7, 11) is 10.6. The third kappa shape index (κ3) is 15.6. The van der Waals surface area contributed by atoms with Gasteiger partial charge in [0.2, 0.25) is 0 Å². The van der Waals surface area contributed by atoms with Gasteiger partial charge in [-0.2, -0.15) is 20.4 Å². The van der Waals surface area contributed by atoms with Gasteiger partial charge in [-0.1, -0.05) is 120 Å². The maximum atomic E-state index is 6.34. The van der Waals surface area contributed by atoms with Crippen molar-refractivity contribution in [3.63, 3.8) is 0 Å². The number of thiophene rings is 1. The Bertz CT molecular complexity index is 4880. The fraction of sp³-hybridized carbons (Fsp3) is 0.235. The Labute approximate surface area is 565 Å². The zero-order valence-corrected chi connectivity index (χ0v) is 56.3. The van der Waals surface area contributed by atoms with Gasteiger partial charge in [-0.25, -0.2) is 39.9 Å². The lowest BCUT2D eigenvalue weighted by atomic mass is 10.1. The van der Waals surface area contributed by atoms with Crippen molar-refractivity contribution < 1.29 is 18.9 Å². The van der Waals surface area contributed by atoms with E-state index < -0.39 is 0 Å². The van der Waals surface area contributed by atoms with Crippen molar-refractivity contribution in [2.24, 2.45) is 5.92 Å². The summed E-state index contributed by atoms with van der Waals surface area (Å²) >= 11 is 26.8. The van der Waals surface area contributed by atoms with Crippen molar-refractivity contribution in [2.45, 2.75) is 58.9 Å². The molecule has 13 aromatic rings. The highest BCUT2D eigenvalue weighted by atomic mass is 35.5. The average molecular weight is 1360 g/mol. The van der Waals surface area contributed by atoms with E-state index in [9.17, 15) is 0 Å². The molecule has 0 N–H and O–H groups in total. The lowest BCUT2D eigenvalue weighted by Gasteiger charge is -2.07. The van der Waals surface area contributed by atoms with E-state index in [-0.39, 0.29) is 0 Å². The number of aryl methyl sites for hydroxylation is 1. The van der Waals surface area contributed by atoms with E-state index in [0.717, 1.165) is 90.0 Å². The topological polar surface area (TPSA) is 215 Å². The minimum absolute atomic E-state index is 0.375. The van der Waals surface area contributed by atoms with Gasteiger partial charge in [-0.15, -0.1) is 11.3 Å². The minimum Gasteiger partial charge on any atom is -0.497 e. The number of methoxy groups -OCH3 is 4. The molecule has 2 aliphatic carbocycles. The second-order valence-corrected chi connectivity index (χ2v) is 25.3. The molecule has 9 heterocycles. The third-order valence-corrected chi connectivity index (χ3v) is 17.3. The van der Waals surface area contributed by atoms with Crippen LogP contribution in [0, 0.1) is 12.8 Å². The van der Waals surface area contributed by atoms with Crippen molar-refractivity contribution >= 4 is 107 Å². The smallest absolute Gasteiger partial charge is 0.171 e. The molecular weight excluding hydrogens is 1290 g/mol. The maximum absolute atomic E-state index is 6.34. The normalized spacial score (nSPS) is 13.8. The summed E-state index contributed by atoms with van der Waals surface area (Å²) < 4.78 is 28.0. The van der Waals surface area contributed by atoms with Crippen LogP contribution >= 0.6 is 57.7 Å². The first kappa shape index (κ1) is 64.7. The van der Waals surface area contributed by atoms with Gasteiger partial charge >= 0.3 is 0 Å². The number of benzene rings is 4. The Balaban J connectivity index is 0.000000120. The number of aromatic nitrogens is 16. The first-order valence-corrected chi connectivity index (χ1v) is 32.1. The summed E-state index contributed by atoms with van der Waals surface area (Å²) in [5, 5.41) is 19.6. The van der Waals surface area contributed by atoms with Gasteiger partial charge in [0.15, 0.2) is 32.3 Å². The predicted molar refractivity (Wildman–Crippen MR) is 369 cm³/mol. The Morgan fingerprint density at radius 3 is 1.18 bits per heavy atom. The van der Waals surface area contributed by atoms with Crippen LogP contribution in [0.4, 0.5) is 0 Å². The predicted octanol–water partition coefficient (Wildman–Crippen LogP) is 14.3. The van der Waals surface area contributed by atoms with Gasteiger partial charge in [0.25, 0.3) is 0 Å². The molecule has 94 heavy (non-hydrogen) atoms. The summed E-state index contributed by atoms with van der Waals surface area (Å²) in [5.74, 6) is 7.25. The van der Waals surface area contributed by atoms with Gasteiger partial charge < -0.3 is 23.8 Å². The molecule has 1 fully saturated rings. The molecule has 1 saturated carbocycles. The lowest BCUT2D eigenvalue weighted by Crippen LogP contribution is -2.13. The van der Waals surface area contributed by atoms with Gasteiger partial charge in [-0.3, -0.25) is 18.7 Å². The molecule has 9 aromatic heterocycles. The van der Waals surface area contributed by atoms with E-state index in [1.165, 1.54) is 4.88 Å². The highest BCUT2D eigenvalue weighted by Crippen LogP contribution is 2.46. The minimum atomic E-state index is 0.375. The number of halogens is 4. The molecule has 4 aromatic carbocycles. The van der Waals surface area contributed by atoms with Crippen LogP contribution in [0.25, 0.3) is 60.4 Å². The summed E-state index contributed by atoms with van der Waals surface area (Å²) in [4.78, 5) is 40.0. The molecule has 2 atom stereocenters. The number of hydrogen-bond donors (Lipinski definition) is 0. The molecule has 2 aliphatic rings. The van der Waals surface area contributed by atoms with Crippen molar-refractivity contribution in [3.8, 4) is 33.7 Å². The highest BCUT2D eigenvalue weighted by Gasteiger charge is 2.37. The van der Waals surface area contributed by atoms with Crippen molar-refractivity contribution in [1.29, 1.82) is 0 Å². The van der Waals surface area contributed by atoms with Crippen LogP contribution in [-0.4, -0.2) is 126 Å². The first-order valence-electron chi connectivity index (χ1n) is 29.8. The van der Waals surface area contributed by atoms with Crippen LogP contribution in [0.15, 0.2) is 152 Å². The number of ether oxygens (including phenoxy) is 4. The highest BCUT2D eigenvalue weighted by molar-refractivity contribution is 7.15. The van der Waals surface area contributed by atoms with Crippen LogP contribution in [0.3, 0.4) is 0 Å². The Hall–Kier alpha value is -9.42. The van der Waals surface area contributed by atoms with E-state index in [1.807, 2.05) is 184 Å². The fourth-order valence-electron chi connectivity index (χ4n) is 10.1. The molecular formula is C68H63Cl4N17O4S. The molecule has 15 rings (SSSR count). The molecule has 2 unspecified atom stereocenters. The molecule has 26 heteroatoms. The zero-order chi connectivity index (χ0) is 65.6. The molecule has 0 amide bonds. The summed E-state index contributed by atoms with van der Waals surface area (Å²) in [6.45, 7) is 7.46. The molecule has 478 valence electrons. The number of allylic oxidation sites excluding steroid dienone is 4. The monoisotopic (exact) mass is 1350 g/mol. The first-order chi connectivity index (χ1) is 45.5. The number of rotatable bonds is 17. The van der Waals surface area contributed by atoms with Crippen LogP contribution in [0.5, 0.6) is 23.0 Å². The van der Waals surface area contributed by atoms with Crippen LogP contribution in [0.1, 0.15) is 63.9 Å². The van der Waals surface area contributed by atoms with Gasteiger partial charge in [0.05, 0.1) is 90.8 Å². The van der Waals surface area contributed by atoms with Crippen LogP contribution in [-0.2, 0) is 32.7 Å². The van der Waals surface area contributed by atoms with Crippen LogP contribution < -0.4 is 18.9 Å². The van der Waals surface area contributed by atoms with Gasteiger partial charge in [0.1, 0.15) is 78.8 Å². The van der Waals surface area contributed by atoms with Gasteiger partial charge in [-0.05, 0) is 116 Å². The molecule has 21 nitrogen and oxygen atoms in total. The van der Waals surface area contributed by atoms with E-state index in [2.05, 4.69) is 80.2 Å². The molecule has 0 spiro atoms. The molecule has 0 aliphatic heterocycles. The quantitative estimate of drug-likeness (QED) is 0.0775. The Morgan fingerprint density at radius 2 is 0.830 bits per heavy atom. The number of fused-ring (bicyclic) bond motifs is 4. The van der Waals surface area contributed by atoms with E-state index in [1.54, 1.807) is 39.8 Å². The van der Waals surface area contributed by atoms with Gasteiger partial charge in [0, 0.05) is 16.4 Å². The van der Waals surface area contributed by atoms with E-state index >= 15 is 0 Å². The Kier molecular flexibility index (Phi) is 19.8. The molecule has 0 saturated heterocycles. The lowest BCUT2D eigenvalue weighted by molar-refractivity contribution is 0.391. The summed E-state index contributed by atoms with van der Waals surface area (Å²) in [6.07, 6.45) is 14.6. The molecule has 0 bridgehead atoms. The van der Waals surface area contributed by atoms with Crippen molar-refractivity contribution in [2.75, 3.05) is 42.5 Å². The maximum Gasteiger partial charge on any atom is 0.171 e. The second kappa shape index (κ2) is 28.8. The zero-order valence-electron chi connectivity index (χ0n) is 52.5. The number of nitrogens with zero attached hydrogens (tertiary/aromatic N) is 17. The van der Waals surface area contributed by atoms with Crippen molar-refractivity contribution in [1.82, 2.24) is 83.9 Å². The number of hydrogen-bond acceptors (Lipinski definition) is 18. The molecule has 0 radical (unpaired) electrons. The second-order valence-electron chi connectivity index (χ2n) is 22.6. The van der Waals surface area contributed by atoms with Crippen LogP contribution in [0.2, 0.25) is 20.6 Å². The van der Waals surface area contributed by atoms with Crippen molar-refractivity contribution in [3.05, 3.63) is 217 Å². The SMILES string of the molecule is COc1ccc(Cn2cc3nc(-c4ccc(C)s4)nc(Cl)c3n2)cc1.COc1ccc(Cn2cc3nc(C4=CC=C4)nc(Cl)c3n2)cc1.COc1ccc(Cn2cc3nc(C4CC4C)nc(Cl)c3n2)cc1.COc1ccc(Cn2cc3nc(CN(C)C)nc(Cl)c3n2)cc1. The standard InChI is InChI=1S/C18H15ClN4OS.C17H17ClN4O.C17H13ClN4O.C16H18ClN5O/c1-11-3-8-15(25-11)18-20-14-10-23(22-16(14)17(19)21-18)9-12-4-6-13(24-2)7-5-12;1-10-7-13(10)17-19-14-9-22(21-15(14)16(18)20-17)8-11-3-5-12(23-2)6-4-11;1-23-13-7-5-11(6-8-13)9-22-10-14-15(21-22)16(18)20-17(19-14)12-3-2-4-12;1-21(2)10-14-18-13-9-22(20-15(13)16(17)19-14)8-11-4-6-12(23-3)7-5-11/h3-8,10H,9H2,1-2H3;3-6,9-10,13H,7-8H2,1-2H3;2-8,10H,9H2,1H3;4-7,9H,8,10H2,1-3H3. The Morgan fingerprint density at radius 1 is 0.468 bits per heavy atom. The van der Waals surface area contributed by atoms with E-state index in [0.29, 0.717) is 105 Å². The third-order valence-electron chi connectivity index (χ3n) is 15.2. The average Bonchev–Trinajstić information content (AvgIpc) is 1.65. The summed E-state index contributed by atoms with van der Waals surface area (Å²) in [5.41, 5.74) is 11.1. The fourth-order valence-corrected chi connectivity index (χ4v) is 11.8.